The van der Waals surface area contributed by atoms with Gasteiger partial charge in [-0.25, -0.2) is 4.79 Å². The molecule has 0 saturated carbocycles. The molecule has 0 aliphatic rings. The van der Waals surface area contributed by atoms with Crippen molar-refractivity contribution < 1.29 is 9.90 Å². The minimum atomic E-state index is -1.13. The minimum absolute atomic E-state index is 0.660. The Labute approximate surface area is 76.4 Å². The molecule has 0 bridgehead atoms. The number of hydrogen-bond acceptors (Lipinski definition) is 2. The summed E-state index contributed by atoms with van der Waals surface area (Å²) in [5.41, 5.74) is 2.32. The summed E-state index contributed by atoms with van der Waals surface area (Å²) in [6.07, 6.45) is 0. The van der Waals surface area contributed by atoms with Gasteiger partial charge in [-0.05, 0) is 26.0 Å². The Kier molecular flexibility index (Phi) is 2.65. The Morgan fingerprint density at radius 3 is 2.69 bits per heavy atom. The number of carboxylic acids is 1. The number of hydrogen-bond donors (Lipinski definition) is 1. The van der Waals surface area contributed by atoms with E-state index in [4.69, 9.17) is 5.11 Å². The minimum Gasteiger partial charge on any atom is -0.472 e. The molecule has 3 heteroatoms. The second-order valence-corrected chi connectivity index (χ2v) is 2.64. The molecule has 0 atom stereocenters. The van der Waals surface area contributed by atoms with E-state index in [0.717, 1.165) is 11.4 Å². The van der Waals surface area contributed by atoms with E-state index in [2.05, 4.69) is 10.9 Å². The summed E-state index contributed by atoms with van der Waals surface area (Å²) in [6, 6.07) is 3.58. The predicted molar refractivity (Wildman–Crippen MR) is 48.2 cm³/mol. The van der Waals surface area contributed by atoms with E-state index in [0.29, 0.717) is 5.56 Å². The monoisotopic (exact) mass is 175 g/mol. The first-order chi connectivity index (χ1) is 6.09. The number of rotatable bonds is 0. The second kappa shape index (κ2) is 3.72. The maximum atomic E-state index is 10.2. The number of carbonyl (C=O) groups is 1. The van der Waals surface area contributed by atoms with Crippen LogP contribution in [-0.4, -0.2) is 16.1 Å². The molecule has 0 spiro atoms. The highest BCUT2D eigenvalue weighted by Gasteiger charge is 1.95. The summed E-state index contributed by atoms with van der Waals surface area (Å²) in [7, 11) is 0. The van der Waals surface area contributed by atoms with Gasteiger partial charge in [0.1, 0.15) is 0 Å². The topological polar surface area (TPSA) is 50.2 Å². The SMILES string of the molecule is Cc1ccc(C#CC(=O)O)c(C)n1. The van der Waals surface area contributed by atoms with Gasteiger partial charge in [-0.1, -0.05) is 5.92 Å². The van der Waals surface area contributed by atoms with Crippen LogP contribution in [0.3, 0.4) is 0 Å². The highest BCUT2D eigenvalue weighted by Crippen LogP contribution is 2.03. The van der Waals surface area contributed by atoms with Crippen LogP contribution >= 0.6 is 0 Å². The highest BCUT2D eigenvalue weighted by atomic mass is 16.4. The maximum Gasteiger partial charge on any atom is 0.382 e. The van der Waals surface area contributed by atoms with Crippen molar-refractivity contribution in [2.24, 2.45) is 0 Å². The summed E-state index contributed by atoms with van der Waals surface area (Å²) in [5, 5.41) is 8.33. The van der Waals surface area contributed by atoms with E-state index < -0.39 is 5.97 Å². The average molecular weight is 175 g/mol. The molecule has 0 aromatic carbocycles. The zero-order valence-electron chi connectivity index (χ0n) is 7.46. The molecule has 1 aromatic heterocycles. The van der Waals surface area contributed by atoms with E-state index in [1.165, 1.54) is 0 Å². The Balaban J connectivity index is 3.05. The highest BCUT2D eigenvalue weighted by molar-refractivity contribution is 5.87. The Bertz CT molecular complexity index is 399. The Hall–Kier alpha value is -1.82. The van der Waals surface area contributed by atoms with Gasteiger partial charge in [0.2, 0.25) is 0 Å². The molecular formula is C10H9NO2. The summed E-state index contributed by atoms with van der Waals surface area (Å²) in [4.78, 5) is 14.3. The molecule has 0 radical (unpaired) electrons. The van der Waals surface area contributed by atoms with Crippen molar-refractivity contribution in [3.05, 3.63) is 29.1 Å². The van der Waals surface area contributed by atoms with Gasteiger partial charge < -0.3 is 5.11 Å². The van der Waals surface area contributed by atoms with Gasteiger partial charge in [-0.15, -0.1) is 0 Å². The number of aromatic nitrogens is 1. The average Bonchev–Trinajstić information content (AvgIpc) is 2.02. The summed E-state index contributed by atoms with van der Waals surface area (Å²) >= 11 is 0. The normalized spacial score (nSPS) is 8.77. The number of carboxylic acid groups (broad SMARTS) is 1. The number of pyridine rings is 1. The molecule has 1 heterocycles. The standard InChI is InChI=1S/C10H9NO2/c1-7-3-4-9(8(2)11-7)5-6-10(12)13/h3-4H,1-2H3,(H,12,13). The quantitative estimate of drug-likeness (QED) is 0.601. The van der Waals surface area contributed by atoms with Crippen molar-refractivity contribution in [2.75, 3.05) is 0 Å². The summed E-state index contributed by atoms with van der Waals surface area (Å²) in [6.45, 7) is 3.68. The Morgan fingerprint density at radius 1 is 1.46 bits per heavy atom. The molecule has 1 N–H and O–H groups in total. The van der Waals surface area contributed by atoms with Gasteiger partial charge in [-0.3, -0.25) is 4.98 Å². The fraction of sp³-hybridized carbons (Fsp3) is 0.200. The molecule has 0 aliphatic carbocycles. The fourth-order valence-electron chi connectivity index (χ4n) is 0.939. The smallest absolute Gasteiger partial charge is 0.382 e. The van der Waals surface area contributed by atoms with Crippen LogP contribution in [0, 0.1) is 25.7 Å². The number of nitrogens with zero attached hydrogens (tertiary/aromatic N) is 1. The fourth-order valence-corrected chi connectivity index (χ4v) is 0.939. The molecule has 1 aromatic rings. The third-order valence-corrected chi connectivity index (χ3v) is 1.53. The third kappa shape index (κ3) is 2.60. The van der Waals surface area contributed by atoms with Gasteiger partial charge in [0.05, 0.1) is 5.69 Å². The molecule has 1 rings (SSSR count). The molecule has 3 nitrogen and oxygen atoms in total. The van der Waals surface area contributed by atoms with Crippen molar-refractivity contribution in [1.29, 1.82) is 0 Å². The lowest BCUT2D eigenvalue weighted by Crippen LogP contribution is -1.92. The first-order valence-corrected chi connectivity index (χ1v) is 3.79. The zero-order chi connectivity index (χ0) is 9.84. The molecule has 0 fully saturated rings. The van der Waals surface area contributed by atoms with Gasteiger partial charge in [0, 0.05) is 17.2 Å². The molecule has 0 aliphatic heterocycles. The van der Waals surface area contributed by atoms with Crippen LogP contribution < -0.4 is 0 Å². The molecular weight excluding hydrogens is 166 g/mol. The predicted octanol–water partition coefficient (Wildman–Crippen LogP) is 1.13. The summed E-state index contributed by atoms with van der Waals surface area (Å²) < 4.78 is 0. The van der Waals surface area contributed by atoms with Crippen LogP contribution in [0.5, 0.6) is 0 Å². The van der Waals surface area contributed by atoms with E-state index in [-0.39, 0.29) is 0 Å². The molecule has 13 heavy (non-hydrogen) atoms. The largest absolute Gasteiger partial charge is 0.472 e. The second-order valence-electron chi connectivity index (χ2n) is 2.64. The van der Waals surface area contributed by atoms with Crippen LogP contribution in [0.1, 0.15) is 17.0 Å². The lowest BCUT2D eigenvalue weighted by Gasteiger charge is -1.97. The molecule has 66 valence electrons. The first-order valence-electron chi connectivity index (χ1n) is 3.79. The molecule has 0 amide bonds. The van der Waals surface area contributed by atoms with E-state index in [9.17, 15) is 4.79 Å². The maximum absolute atomic E-state index is 10.2. The van der Waals surface area contributed by atoms with E-state index >= 15 is 0 Å². The van der Waals surface area contributed by atoms with Crippen LogP contribution in [0.4, 0.5) is 0 Å². The zero-order valence-corrected chi connectivity index (χ0v) is 7.46. The lowest BCUT2D eigenvalue weighted by atomic mass is 10.2. The van der Waals surface area contributed by atoms with Crippen molar-refractivity contribution in [3.63, 3.8) is 0 Å². The van der Waals surface area contributed by atoms with Crippen LogP contribution in [0.15, 0.2) is 12.1 Å². The molecule has 0 saturated heterocycles. The van der Waals surface area contributed by atoms with Gasteiger partial charge in [-0.2, -0.15) is 0 Å². The first kappa shape index (κ1) is 9.27. The van der Waals surface area contributed by atoms with Crippen LogP contribution in [0.25, 0.3) is 0 Å². The van der Waals surface area contributed by atoms with Crippen LogP contribution in [0.2, 0.25) is 0 Å². The van der Waals surface area contributed by atoms with Crippen LogP contribution in [-0.2, 0) is 4.79 Å². The lowest BCUT2D eigenvalue weighted by molar-refractivity contribution is -0.130. The summed E-state index contributed by atoms with van der Waals surface area (Å²) in [5.74, 6) is 3.45. The Morgan fingerprint density at radius 2 is 2.15 bits per heavy atom. The van der Waals surface area contributed by atoms with Crippen molar-refractivity contribution >= 4 is 5.97 Å². The van der Waals surface area contributed by atoms with E-state index in [1.807, 2.05) is 12.8 Å². The van der Waals surface area contributed by atoms with Crippen molar-refractivity contribution in [2.45, 2.75) is 13.8 Å². The third-order valence-electron chi connectivity index (χ3n) is 1.53. The molecule has 0 unspecified atom stereocenters. The number of aryl methyl sites for hydroxylation is 2. The van der Waals surface area contributed by atoms with Crippen molar-refractivity contribution in [1.82, 2.24) is 4.98 Å². The number of aliphatic carboxylic acids is 1. The van der Waals surface area contributed by atoms with Gasteiger partial charge in [0.25, 0.3) is 0 Å². The van der Waals surface area contributed by atoms with Gasteiger partial charge in [0.15, 0.2) is 0 Å². The van der Waals surface area contributed by atoms with E-state index in [1.54, 1.807) is 19.1 Å². The van der Waals surface area contributed by atoms with Crippen molar-refractivity contribution in [3.8, 4) is 11.8 Å². The van der Waals surface area contributed by atoms with Gasteiger partial charge >= 0.3 is 5.97 Å².